The first kappa shape index (κ1) is 18.9. The molecule has 1 saturated heterocycles. The molecule has 2 aromatic rings. The van der Waals surface area contributed by atoms with Crippen molar-refractivity contribution in [1.82, 2.24) is 10.2 Å². The van der Waals surface area contributed by atoms with Gasteiger partial charge in [0, 0.05) is 30.6 Å². The van der Waals surface area contributed by atoms with Crippen LogP contribution in [0.5, 0.6) is 0 Å². The SMILES string of the molecule is O=C(CCc1cccc(Cl)c1)NC1CCCN(CCc2ccccc2)C1. The zero-order chi connectivity index (χ0) is 18.2. The van der Waals surface area contributed by atoms with Crippen LogP contribution in [0.15, 0.2) is 54.6 Å². The number of carbonyl (C=O) groups is 1. The fourth-order valence-corrected chi connectivity index (χ4v) is 3.77. The van der Waals surface area contributed by atoms with Gasteiger partial charge < -0.3 is 10.2 Å². The molecule has 3 nitrogen and oxygen atoms in total. The van der Waals surface area contributed by atoms with Crippen LogP contribution in [-0.4, -0.2) is 36.5 Å². The van der Waals surface area contributed by atoms with Gasteiger partial charge in [0.05, 0.1) is 0 Å². The minimum atomic E-state index is 0.139. The van der Waals surface area contributed by atoms with Crippen LogP contribution in [0.2, 0.25) is 5.02 Å². The average Bonchev–Trinajstić information content (AvgIpc) is 2.66. The summed E-state index contributed by atoms with van der Waals surface area (Å²) in [5.41, 5.74) is 2.49. The van der Waals surface area contributed by atoms with E-state index in [0.717, 1.165) is 55.9 Å². The Morgan fingerprint density at radius 2 is 1.88 bits per heavy atom. The summed E-state index contributed by atoms with van der Waals surface area (Å²) in [7, 11) is 0. The zero-order valence-electron chi connectivity index (χ0n) is 15.2. The maximum Gasteiger partial charge on any atom is 0.220 e. The van der Waals surface area contributed by atoms with Crippen molar-refractivity contribution in [2.24, 2.45) is 0 Å². The first-order valence-electron chi connectivity index (χ1n) is 9.49. The zero-order valence-corrected chi connectivity index (χ0v) is 15.9. The molecule has 138 valence electrons. The second-order valence-electron chi connectivity index (χ2n) is 7.07. The fourth-order valence-electron chi connectivity index (χ4n) is 3.56. The van der Waals surface area contributed by atoms with Crippen LogP contribution >= 0.6 is 11.6 Å². The van der Waals surface area contributed by atoms with E-state index in [4.69, 9.17) is 11.6 Å². The Hall–Kier alpha value is -1.84. The van der Waals surface area contributed by atoms with Crippen molar-refractivity contribution in [3.8, 4) is 0 Å². The number of hydrogen-bond acceptors (Lipinski definition) is 2. The Kier molecular flexibility index (Phi) is 7.10. The summed E-state index contributed by atoms with van der Waals surface area (Å²) < 4.78 is 0. The third kappa shape index (κ3) is 6.15. The van der Waals surface area contributed by atoms with E-state index < -0.39 is 0 Å². The summed E-state index contributed by atoms with van der Waals surface area (Å²) in [6.45, 7) is 3.14. The molecule has 3 rings (SSSR count). The molecular weight excluding hydrogens is 344 g/mol. The molecule has 1 fully saturated rings. The number of nitrogens with one attached hydrogen (secondary N) is 1. The Morgan fingerprint density at radius 3 is 2.69 bits per heavy atom. The van der Waals surface area contributed by atoms with Crippen molar-refractivity contribution in [2.45, 2.75) is 38.1 Å². The molecule has 0 bridgehead atoms. The van der Waals surface area contributed by atoms with Crippen molar-refractivity contribution >= 4 is 17.5 Å². The third-order valence-corrected chi connectivity index (χ3v) is 5.20. The van der Waals surface area contributed by atoms with Crippen molar-refractivity contribution in [2.75, 3.05) is 19.6 Å². The predicted molar refractivity (Wildman–Crippen MR) is 108 cm³/mol. The minimum absolute atomic E-state index is 0.139. The van der Waals surface area contributed by atoms with Crippen LogP contribution in [0.3, 0.4) is 0 Å². The predicted octanol–water partition coefficient (Wildman–Crippen LogP) is 4.10. The first-order chi connectivity index (χ1) is 12.7. The second-order valence-corrected chi connectivity index (χ2v) is 7.51. The van der Waals surface area contributed by atoms with Crippen LogP contribution in [0.25, 0.3) is 0 Å². The van der Waals surface area contributed by atoms with Crippen LogP contribution in [-0.2, 0) is 17.6 Å². The topological polar surface area (TPSA) is 32.3 Å². The Balaban J connectivity index is 1.40. The molecule has 0 aromatic heterocycles. The number of benzene rings is 2. The number of carbonyl (C=O) groups excluding carboxylic acids is 1. The molecule has 1 aliphatic heterocycles. The fraction of sp³-hybridized carbons (Fsp3) is 0.409. The number of nitrogens with zero attached hydrogens (tertiary/aromatic N) is 1. The molecule has 4 heteroatoms. The second kappa shape index (κ2) is 9.75. The van der Waals surface area contributed by atoms with E-state index >= 15 is 0 Å². The van der Waals surface area contributed by atoms with Crippen molar-refractivity contribution in [3.63, 3.8) is 0 Å². The average molecular weight is 371 g/mol. The molecule has 0 spiro atoms. The van der Waals surface area contributed by atoms with Gasteiger partial charge in [-0.15, -0.1) is 0 Å². The van der Waals surface area contributed by atoms with Gasteiger partial charge in [-0.3, -0.25) is 4.79 Å². The highest BCUT2D eigenvalue weighted by atomic mass is 35.5. The van der Waals surface area contributed by atoms with Gasteiger partial charge in [-0.2, -0.15) is 0 Å². The van der Waals surface area contributed by atoms with E-state index in [1.807, 2.05) is 24.3 Å². The van der Waals surface area contributed by atoms with E-state index in [0.29, 0.717) is 6.42 Å². The number of piperidine rings is 1. The highest BCUT2D eigenvalue weighted by Crippen LogP contribution is 2.14. The molecule has 1 heterocycles. The number of likely N-dealkylation sites (tertiary alicyclic amines) is 1. The van der Waals surface area contributed by atoms with Crippen LogP contribution in [0.4, 0.5) is 0 Å². The molecule has 1 aliphatic rings. The molecule has 0 saturated carbocycles. The smallest absolute Gasteiger partial charge is 0.220 e. The molecule has 0 radical (unpaired) electrons. The van der Waals surface area contributed by atoms with Crippen LogP contribution < -0.4 is 5.32 Å². The summed E-state index contributed by atoms with van der Waals surface area (Å²) in [5.74, 6) is 0.139. The van der Waals surface area contributed by atoms with Crippen LogP contribution in [0.1, 0.15) is 30.4 Å². The Labute approximate surface area is 161 Å². The molecule has 1 atom stereocenters. The van der Waals surface area contributed by atoms with Crippen molar-refractivity contribution in [3.05, 3.63) is 70.7 Å². The van der Waals surface area contributed by atoms with Gasteiger partial charge in [0.25, 0.3) is 0 Å². The van der Waals surface area contributed by atoms with E-state index in [1.54, 1.807) is 0 Å². The number of rotatable bonds is 7. The standard InChI is InChI=1S/C22H27ClN2O/c23-20-9-4-8-19(16-20)11-12-22(26)24-21-10-5-14-25(17-21)15-13-18-6-2-1-3-7-18/h1-4,6-9,16,21H,5,10-15,17H2,(H,24,26). The lowest BCUT2D eigenvalue weighted by Crippen LogP contribution is -2.48. The maximum atomic E-state index is 12.3. The van der Waals surface area contributed by atoms with E-state index in [1.165, 1.54) is 5.56 Å². The lowest BCUT2D eigenvalue weighted by molar-refractivity contribution is -0.122. The van der Waals surface area contributed by atoms with Gasteiger partial charge in [-0.25, -0.2) is 0 Å². The molecule has 0 aliphatic carbocycles. The van der Waals surface area contributed by atoms with Crippen molar-refractivity contribution in [1.29, 1.82) is 0 Å². The normalized spacial score (nSPS) is 17.8. The Morgan fingerprint density at radius 1 is 1.08 bits per heavy atom. The largest absolute Gasteiger partial charge is 0.352 e. The van der Waals surface area contributed by atoms with Gasteiger partial charge >= 0.3 is 0 Å². The Bertz CT molecular complexity index is 704. The molecular formula is C22H27ClN2O. The number of amides is 1. The van der Waals surface area contributed by atoms with Gasteiger partial charge in [0.1, 0.15) is 0 Å². The molecule has 1 N–H and O–H groups in total. The monoisotopic (exact) mass is 370 g/mol. The number of aryl methyl sites for hydroxylation is 1. The summed E-state index contributed by atoms with van der Waals surface area (Å²) >= 11 is 6.00. The molecule has 2 aromatic carbocycles. The number of halogens is 1. The summed E-state index contributed by atoms with van der Waals surface area (Å²) in [6, 6.07) is 18.6. The molecule has 26 heavy (non-hydrogen) atoms. The summed E-state index contributed by atoms with van der Waals surface area (Å²) in [5, 5.41) is 3.94. The minimum Gasteiger partial charge on any atom is -0.352 e. The summed E-state index contributed by atoms with van der Waals surface area (Å²) in [4.78, 5) is 14.8. The maximum absolute atomic E-state index is 12.3. The lowest BCUT2D eigenvalue weighted by Gasteiger charge is -2.33. The quantitative estimate of drug-likeness (QED) is 0.795. The van der Waals surface area contributed by atoms with Gasteiger partial charge in [0.2, 0.25) is 5.91 Å². The molecule has 1 unspecified atom stereocenters. The van der Waals surface area contributed by atoms with Gasteiger partial charge in [-0.05, 0) is 55.5 Å². The van der Waals surface area contributed by atoms with E-state index in [2.05, 4.69) is 40.5 Å². The highest BCUT2D eigenvalue weighted by Gasteiger charge is 2.21. The van der Waals surface area contributed by atoms with E-state index in [9.17, 15) is 4.79 Å². The van der Waals surface area contributed by atoms with E-state index in [-0.39, 0.29) is 11.9 Å². The summed E-state index contributed by atoms with van der Waals surface area (Å²) in [6.07, 6.45) is 4.53. The van der Waals surface area contributed by atoms with Gasteiger partial charge in [0.15, 0.2) is 0 Å². The van der Waals surface area contributed by atoms with Gasteiger partial charge in [-0.1, -0.05) is 54.1 Å². The number of hydrogen-bond donors (Lipinski definition) is 1. The van der Waals surface area contributed by atoms with Crippen LogP contribution in [0, 0.1) is 0 Å². The van der Waals surface area contributed by atoms with Crippen molar-refractivity contribution < 1.29 is 4.79 Å². The highest BCUT2D eigenvalue weighted by molar-refractivity contribution is 6.30. The first-order valence-corrected chi connectivity index (χ1v) is 9.87. The lowest BCUT2D eigenvalue weighted by atomic mass is 10.0. The third-order valence-electron chi connectivity index (χ3n) is 4.96. The molecule has 1 amide bonds.